The van der Waals surface area contributed by atoms with Crippen LogP contribution in [0.2, 0.25) is 0 Å². The van der Waals surface area contributed by atoms with Gasteiger partial charge in [0.25, 0.3) is 5.91 Å². The molecule has 1 aromatic heterocycles. The molecule has 1 unspecified atom stereocenters. The van der Waals surface area contributed by atoms with Gasteiger partial charge in [-0.3, -0.25) is 14.5 Å². The number of rotatable bonds is 14. The number of methoxy groups -OCH3 is 4. The first-order valence-electron chi connectivity index (χ1n) is 20.7. The van der Waals surface area contributed by atoms with Gasteiger partial charge in [0.05, 0.1) is 71.9 Å². The van der Waals surface area contributed by atoms with Crippen LogP contribution in [0.3, 0.4) is 0 Å². The highest BCUT2D eigenvalue weighted by Gasteiger charge is 2.36. The summed E-state index contributed by atoms with van der Waals surface area (Å²) in [6.07, 6.45) is 0.731. The van der Waals surface area contributed by atoms with Crippen LogP contribution in [0.5, 0.6) is 23.0 Å². The largest absolute Gasteiger partial charge is 0.497 e. The highest BCUT2D eigenvalue weighted by Crippen LogP contribution is 2.36. The Morgan fingerprint density at radius 2 is 1.39 bits per heavy atom. The Morgan fingerprint density at radius 1 is 0.766 bits per heavy atom. The first-order chi connectivity index (χ1) is 31.1. The number of halogens is 2. The normalized spacial score (nSPS) is 15.7. The molecule has 2 fully saturated rings. The lowest BCUT2D eigenvalue weighted by atomic mass is 9.97. The number of nitrogens with one attached hydrogen (secondary N) is 1. The van der Waals surface area contributed by atoms with Gasteiger partial charge in [0, 0.05) is 68.2 Å². The van der Waals surface area contributed by atoms with Crippen LogP contribution in [0, 0.1) is 11.6 Å². The van der Waals surface area contributed by atoms with Crippen molar-refractivity contribution in [1.29, 1.82) is 0 Å². The summed E-state index contributed by atoms with van der Waals surface area (Å²) >= 11 is 0. The molecule has 5 aromatic rings. The highest BCUT2D eigenvalue weighted by atomic mass is 19.1. The third kappa shape index (κ3) is 10.7. The van der Waals surface area contributed by atoms with Crippen molar-refractivity contribution in [3.8, 4) is 34.4 Å². The van der Waals surface area contributed by atoms with Crippen LogP contribution in [0.1, 0.15) is 45.1 Å². The van der Waals surface area contributed by atoms with E-state index in [1.54, 1.807) is 38.4 Å². The van der Waals surface area contributed by atoms with Gasteiger partial charge in [-0.2, -0.15) is 0 Å². The molecule has 3 N–H and O–H groups in total. The molecule has 3 aliphatic rings. The number of carbonyl (C=O) groups excluding carboxylic acids is 3. The summed E-state index contributed by atoms with van der Waals surface area (Å²) in [6, 6.07) is 21.9. The van der Waals surface area contributed by atoms with E-state index in [-0.39, 0.29) is 53.6 Å². The van der Waals surface area contributed by atoms with Crippen molar-refractivity contribution >= 4 is 30.1 Å². The Bertz CT molecular complexity index is 2380. The minimum absolute atomic E-state index is 0.0917. The number of benzene rings is 4. The lowest BCUT2D eigenvalue weighted by molar-refractivity contribution is -0.129. The van der Waals surface area contributed by atoms with E-state index in [1.165, 1.54) is 13.2 Å². The van der Waals surface area contributed by atoms with E-state index in [9.17, 15) is 18.4 Å². The smallest absolute Gasteiger partial charge is 0.260 e. The standard InChI is InChI=1S/C37H38F2N6O5.C9H13NO2.CH2O/c1-48-26-11-8-24(31(20-26)49-2)21-45-22-30-33(37(45)47)35(42-34(41-30)32-28(38)4-3-5-29(32)39)40-25-9-6-23(7-10-25)27-12-13-44(36(27)46)15-14-43-16-18-50-19-17-43;1-11-8-4-3-7(6-10)9(5-8)12-2;1-2/h3-11,20,27H,12-19,21-22H2,1-2H3,(H,40,41,42);3-5H,6,10H2,1-2H3;1H2. The SMILES string of the molecule is C=O.COc1ccc(CN)c(OC)c1.COc1ccc(CN2Cc3nc(-c4c(F)cccc4F)nc(Nc4ccc(C5CCN(CCN6CCOCC6)C5=O)cc4)c3C2=O)c(OC)c1. The summed E-state index contributed by atoms with van der Waals surface area (Å²) < 4.78 is 56.3. The molecule has 4 aromatic carbocycles. The van der Waals surface area contributed by atoms with Gasteiger partial charge in [-0.05, 0) is 54.4 Å². The number of hydrogen-bond donors (Lipinski definition) is 2. The number of carbonyl (C=O) groups is 3. The molecule has 64 heavy (non-hydrogen) atoms. The zero-order valence-electron chi connectivity index (χ0n) is 36.4. The average Bonchev–Trinajstić information content (AvgIpc) is 3.86. The van der Waals surface area contributed by atoms with Gasteiger partial charge in [-0.1, -0.05) is 24.3 Å². The summed E-state index contributed by atoms with van der Waals surface area (Å²) in [4.78, 5) is 50.0. The number of morpholine rings is 1. The predicted octanol–water partition coefficient (Wildman–Crippen LogP) is 5.96. The molecular weight excluding hydrogens is 829 g/mol. The number of anilines is 2. The van der Waals surface area contributed by atoms with Gasteiger partial charge >= 0.3 is 0 Å². The van der Waals surface area contributed by atoms with Crippen molar-refractivity contribution in [1.82, 2.24) is 24.7 Å². The van der Waals surface area contributed by atoms with Gasteiger partial charge in [0.15, 0.2) is 5.82 Å². The second-order valence-electron chi connectivity index (χ2n) is 14.9. The maximum atomic E-state index is 14.9. The molecule has 338 valence electrons. The summed E-state index contributed by atoms with van der Waals surface area (Å²) in [6.45, 7) is 8.20. The number of ether oxygens (including phenoxy) is 5. The summed E-state index contributed by atoms with van der Waals surface area (Å²) in [7, 11) is 6.34. The quantitative estimate of drug-likeness (QED) is 0.134. The van der Waals surface area contributed by atoms with Gasteiger partial charge in [0.2, 0.25) is 5.91 Å². The fourth-order valence-corrected chi connectivity index (χ4v) is 7.80. The van der Waals surface area contributed by atoms with E-state index < -0.39 is 11.6 Å². The first kappa shape index (κ1) is 46.8. The minimum Gasteiger partial charge on any atom is -0.497 e. The molecule has 0 saturated carbocycles. The molecule has 0 aliphatic carbocycles. The number of aromatic nitrogens is 2. The van der Waals surface area contributed by atoms with Crippen LogP contribution in [0.4, 0.5) is 20.3 Å². The third-order valence-corrected chi connectivity index (χ3v) is 11.2. The van der Waals surface area contributed by atoms with E-state index in [0.29, 0.717) is 42.5 Å². The lowest BCUT2D eigenvalue weighted by Crippen LogP contribution is -2.42. The van der Waals surface area contributed by atoms with Gasteiger partial charge in [0.1, 0.15) is 52.8 Å². The van der Waals surface area contributed by atoms with Crippen molar-refractivity contribution < 1.29 is 46.8 Å². The Labute approximate surface area is 371 Å². The van der Waals surface area contributed by atoms with Crippen molar-refractivity contribution in [2.24, 2.45) is 5.73 Å². The average molecular weight is 882 g/mol. The van der Waals surface area contributed by atoms with E-state index in [1.807, 2.05) is 60.2 Å². The highest BCUT2D eigenvalue weighted by molar-refractivity contribution is 6.03. The molecule has 2 saturated heterocycles. The van der Waals surface area contributed by atoms with Crippen LogP contribution >= 0.6 is 0 Å². The fourth-order valence-electron chi connectivity index (χ4n) is 7.80. The van der Waals surface area contributed by atoms with Crippen molar-refractivity contribution in [3.05, 3.63) is 118 Å². The monoisotopic (exact) mass is 881 g/mol. The maximum Gasteiger partial charge on any atom is 0.260 e. The van der Waals surface area contributed by atoms with E-state index >= 15 is 0 Å². The molecule has 0 radical (unpaired) electrons. The Morgan fingerprint density at radius 3 is 2.00 bits per heavy atom. The number of likely N-dealkylation sites (tertiary alicyclic amines) is 1. The van der Waals surface area contributed by atoms with Crippen molar-refractivity contribution in [2.75, 3.05) is 79.7 Å². The van der Waals surface area contributed by atoms with Crippen LogP contribution in [0.15, 0.2) is 78.9 Å². The number of amides is 2. The predicted molar refractivity (Wildman–Crippen MR) is 236 cm³/mol. The van der Waals surface area contributed by atoms with Crippen LogP contribution in [-0.2, 0) is 34.0 Å². The topological polar surface area (TPSA) is 171 Å². The Hall–Kier alpha value is -6.69. The van der Waals surface area contributed by atoms with Crippen LogP contribution < -0.4 is 30.0 Å². The van der Waals surface area contributed by atoms with Gasteiger partial charge < -0.3 is 49.3 Å². The lowest BCUT2D eigenvalue weighted by Gasteiger charge is -2.28. The number of fused-ring (bicyclic) bond motifs is 1. The minimum atomic E-state index is -0.815. The Kier molecular flexibility index (Phi) is 16.2. The molecule has 8 rings (SSSR count). The maximum absolute atomic E-state index is 14.9. The zero-order chi connectivity index (χ0) is 45.8. The molecule has 1 atom stereocenters. The van der Waals surface area contributed by atoms with Crippen LogP contribution in [0.25, 0.3) is 11.4 Å². The Balaban J connectivity index is 0.000000419. The second-order valence-corrected chi connectivity index (χ2v) is 14.9. The third-order valence-electron chi connectivity index (χ3n) is 11.2. The van der Waals surface area contributed by atoms with E-state index in [4.69, 9.17) is 34.2 Å². The fraction of sp³-hybridized carbons (Fsp3) is 0.340. The molecule has 0 spiro atoms. The van der Waals surface area contributed by atoms with Crippen molar-refractivity contribution in [3.63, 3.8) is 0 Å². The summed E-state index contributed by atoms with van der Waals surface area (Å²) in [5.74, 6) is 0.569. The van der Waals surface area contributed by atoms with Gasteiger partial charge in [-0.25, -0.2) is 18.7 Å². The number of nitrogens with two attached hydrogens (primary N) is 1. The molecular formula is C47H53F2N7O8. The molecule has 0 bridgehead atoms. The molecule has 3 aliphatic heterocycles. The summed E-state index contributed by atoms with van der Waals surface area (Å²) in [5.41, 5.74) is 8.88. The number of hydrogen-bond acceptors (Lipinski definition) is 13. The molecule has 4 heterocycles. The van der Waals surface area contributed by atoms with Crippen molar-refractivity contribution in [2.45, 2.75) is 32.0 Å². The zero-order valence-corrected chi connectivity index (χ0v) is 36.4. The summed E-state index contributed by atoms with van der Waals surface area (Å²) in [5, 5.41) is 3.20. The molecule has 2 amide bonds. The van der Waals surface area contributed by atoms with E-state index in [2.05, 4.69) is 20.2 Å². The van der Waals surface area contributed by atoms with E-state index in [0.717, 1.165) is 79.6 Å². The first-order valence-corrected chi connectivity index (χ1v) is 20.7. The van der Waals surface area contributed by atoms with Gasteiger partial charge in [-0.15, -0.1) is 0 Å². The molecule has 15 nitrogen and oxygen atoms in total. The van der Waals surface area contributed by atoms with Crippen LogP contribution in [-0.4, -0.2) is 118 Å². The number of nitrogens with zero attached hydrogens (tertiary/aromatic N) is 5. The molecule has 17 heteroatoms. The second kappa shape index (κ2) is 22.1.